The molecule has 0 amide bonds. The van der Waals surface area contributed by atoms with Crippen LogP contribution < -0.4 is 9.47 Å². The van der Waals surface area contributed by atoms with E-state index in [1.165, 1.54) is 6.26 Å². The molecule has 0 saturated heterocycles. The third-order valence-electron chi connectivity index (χ3n) is 6.81. The predicted molar refractivity (Wildman–Crippen MR) is 139 cm³/mol. The number of halogens is 1. The van der Waals surface area contributed by atoms with E-state index in [-0.39, 0.29) is 11.5 Å². The monoisotopic (exact) mass is 536 g/mol. The lowest BCUT2D eigenvalue weighted by Gasteiger charge is -2.12. The fourth-order valence-corrected chi connectivity index (χ4v) is 5.61. The van der Waals surface area contributed by atoms with Crippen LogP contribution in [0, 0.1) is 6.92 Å². The summed E-state index contributed by atoms with van der Waals surface area (Å²) >= 11 is 6.54. The van der Waals surface area contributed by atoms with Crippen LogP contribution in [0.5, 0.6) is 17.4 Å². The standard InChI is InChI=1S/C28H25ClN2O5S/c1-16-4-3-5-21(29)26(16)27-20(28(36-31-27)18-6-7-18)15-34-25-13-12-23-22(30-25)11-9-17-8-10-19(37(2,32)33)14-24(17)35-23/h3-5,8,10,12-14,18H,6-7,9,11,15H2,1-2H3. The fourth-order valence-electron chi connectivity index (χ4n) is 4.66. The summed E-state index contributed by atoms with van der Waals surface area (Å²) < 4.78 is 42.0. The van der Waals surface area contributed by atoms with Gasteiger partial charge in [-0.1, -0.05) is 35.0 Å². The van der Waals surface area contributed by atoms with Crippen LogP contribution in [0.25, 0.3) is 11.3 Å². The second-order valence-electron chi connectivity index (χ2n) is 9.61. The largest absolute Gasteiger partial charge is 0.473 e. The lowest BCUT2D eigenvalue weighted by molar-refractivity contribution is 0.287. The number of nitrogens with zero attached hydrogens (tertiary/aromatic N) is 2. The van der Waals surface area contributed by atoms with Crippen molar-refractivity contribution in [1.29, 1.82) is 0 Å². The molecule has 0 spiro atoms. The molecule has 0 radical (unpaired) electrons. The lowest BCUT2D eigenvalue weighted by Crippen LogP contribution is -2.03. The molecule has 1 aliphatic heterocycles. The molecule has 37 heavy (non-hydrogen) atoms. The Bertz CT molecular complexity index is 1610. The normalized spacial score (nSPS) is 14.9. The van der Waals surface area contributed by atoms with Gasteiger partial charge >= 0.3 is 0 Å². The van der Waals surface area contributed by atoms with Crippen molar-refractivity contribution in [3.05, 3.63) is 81.7 Å². The summed E-state index contributed by atoms with van der Waals surface area (Å²) in [4.78, 5) is 4.94. The molecule has 9 heteroatoms. The molecule has 3 heterocycles. The zero-order chi connectivity index (χ0) is 25.7. The molecule has 2 aliphatic rings. The number of ether oxygens (including phenoxy) is 2. The minimum Gasteiger partial charge on any atom is -0.473 e. The van der Waals surface area contributed by atoms with Gasteiger partial charge < -0.3 is 14.0 Å². The number of sulfone groups is 1. The van der Waals surface area contributed by atoms with Crippen molar-refractivity contribution < 1.29 is 22.4 Å². The maximum Gasteiger partial charge on any atom is 0.214 e. The average Bonchev–Trinajstić information content (AvgIpc) is 3.65. The van der Waals surface area contributed by atoms with Gasteiger partial charge in [-0.05, 0) is 68.0 Å². The highest BCUT2D eigenvalue weighted by Crippen LogP contribution is 2.45. The highest BCUT2D eigenvalue weighted by molar-refractivity contribution is 7.90. The lowest BCUT2D eigenvalue weighted by atomic mass is 10.0. The third kappa shape index (κ3) is 4.71. The molecule has 1 saturated carbocycles. The van der Waals surface area contributed by atoms with Crippen LogP contribution in [0.1, 0.15) is 46.9 Å². The summed E-state index contributed by atoms with van der Waals surface area (Å²) in [6.45, 7) is 2.25. The highest BCUT2D eigenvalue weighted by atomic mass is 35.5. The molecule has 1 fully saturated rings. The minimum atomic E-state index is -3.33. The summed E-state index contributed by atoms with van der Waals surface area (Å²) in [7, 11) is -3.33. The fraction of sp³-hybridized carbons (Fsp3) is 0.286. The van der Waals surface area contributed by atoms with Crippen LogP contribution in [0.15, 0.2) is 57.9 Å². The number of aromatic nitrogens is 2. The summed E-state index contributed by atoms with van der Waals surface area (Å²) in [5.74, 6) is 2.80. The van der Waals surface area contributed by atoms with E-state index in [4.69, 9.17) is 30.6 Å². The average molecular weight is 537 g/mol. The van der Waals surface area contributed by atoms with Gasteiger partial charge in [0, 0.05) is 23.8 Å². The summed E-state index contributed by atoms with van der Waals surface area (Å²) in [5, 5.41) is 5.01. The number of benzene rings is 2. The first-order chi connectivity index (χ1) is 17.8. The number of pyridine rings is 1. The molecule has 6 rings (SSSR count). The Morgan fingerprint density at radius 2 is 1.92 bits per heavy atom. The Kier molecular flexibility index (Phi) is 5.96. The molecule has 2 aromatic carbocycles. The number of aryl methyl sites for hydroxylation is 3. The van der Waals surface area contributed by atoms with E-state index in [1.54, 1.807) is 24.3 Å². The van der Waals surface area contributed by atoms with E-state index in [0.29, 0.717) is 46.9 Å². The van der Waals surface area contributed by atoms with Gasteiger partial charge in [0.15, 0.2) is 9.84 Å². The molecule has 0 N–H and O–H groups in total. The maximum absolute atomic E-state index is 12.0. The Morgan fingerprint density at radius 3 is 2.68 bits per heavy atom. The van der Waals surface area contributed by atoms with E-state index >= 15 is 0 Å². The second kappa shape index (κ2) is 9.19. The quantitative estimate of drug-likeness (QED) is 0.279. The molecule has 1 aliphatic carbocycles. The zero-order valence-corrected chi connectivity index (χ0v) is 22.0. The van der Waals surface area contributed by atoms with E-state index in [9.17, 15) is 8.42 Å². The van der Waals surface area contributed by atoms with E-state index in [2.05, 4.69) is 5.16 Å². The van der Waals surface area contributed by atoms with Crippen molar-refractivity contribution in [2.75, 3.05) is 6.26 Å². The first-order valence-corrected chi connectivity index (χ1v) is 14.4. The first kappa shape index (κ1) is 24.0. The van der Waals surface area contributed by atoms with Crippen LogP contribution in [0.4, 0.5) is 0 Å². The van der Waals surface area contributed by atoms with E-state index < -0.39 is 9.84 Å². The SMILES string of the molecule is Cc1cccc(Cl)c1-c1noc(C2CC2)c1COc1ccc2c(n1)CCc1ccc(S(C)(=O)=O)cc1O2. The van der Waals surface area contributed by atoms with Gasteiger partial charge in [0.2, 0.25) is 5.88 Å². The number of fused-ring (bicyclic) bond motifs is 2. The van der Waals surface area contributed by atoms with Crippen LogP contribution in [0.3, 0.4) is 0 Å². The van der Waals surface area contributed by atoms with E-state index in [0.717, 1.165) is 46.5 Å². The molecule has 0 bridgehead atoms. The van der Waals surface area contributed by atoms with Gasteiger partial charge in [0.1, 0.15) is 29.6 Å². The van der Waals surface area contributed by atoms with Crippen molar-refractivity contribution in [2.45, 2.75) is 50.0 Å². The Hall–Kier alpha value is -3.36. The van der Waals surface area contributed by atoms with Gasteiger partial charge in [-0.25, -0.2) is 13.4 Å². The molecule has 2 aromatic heterocycles. The molecular weight excluding hydrogens is 512 g/mol. The number of hydrogen-bond acceptors (Lipinski definition) is 7. The van der Waals surface area contributed by atoms with Crippen LogP contribution in [0.2, 0.25) is 5.02 Å². The van der Waals surface area contributed by atoms with Gasteiger partial charge in [0.05, 0.1) is 21.2 Å². The molecule has 0 unspecified atom stereocenters. The summed E-state index contributed by atoms with van der Waals surface area (Å²) in [6, 6.07) is 14.3. The van der Waals surface area contributed by atoms with Crippen LogP contribution >= 0.6 is 11.6 Å². The highest BCUT2D eigenvalue weighted by Gasteiger charge is 2.33. The van der Waals surface area contributed by atoms with Crippen molar-refractivity contribution >= 4 is 21.4 Å². The third-order valence-corrected chi connectivity index (χ3v) is 8.24. The molecular formula is C28H25ClN2O5S. The van der Waals surface area contributed by atoms with Crippen molar-refractivity contribution in [2.24, 2.45) is 0 Å². The Balaban J connectivity index is 1.27. The maximum atomic E-state index is 12.0. The first-order valence-electron chi connectivity index (χ1n) is 12.2. The molecule has 4 aromatic rings. The zero-order valence-electron chi connectivity index (χ0n) is 20.5. The number of rotatable bonds is 6. The molecule has 190 valence electrons. The minimum absolute atomic E-state index is 0.229. The van der Waals surface area contributed by atoms with E-state index in [1.807, 2.05) is 31.2 Å². The predicted octanol–water partition coefficient (Wildman–Crippen LogP) is 6.45. The van der Waals surface area contributed by atoms with Gasteiger partial charge in [-0.2, -0.15) is 0 Å². The summed E-state index contributed by atoms with van der Waals surface area (Å²) in [5.41, 5.74) is 5.17. The van der Waals surface area contributed by atoms with Crippen molar-refractivity contribution in [1.82, 2.24) is 10.1 Å². The second-order valence-corrected chi connectivity index (χ2v) is 12.0. The van der Waals surface area contributed by atoms with Gasteiger partial charge in [-0.3, -0.25) is 0 Å². The van der Waals surface area contributed by atoms with Crippen molar-refractivity contribution in [3.63, 3.8) is 0 Å². The Labute approximate surface area is 220 Å². The topological polar surface area (TPSA) is 91.5 Å². The Morgan fingerprint density at radius 1 is 1.08 bits per heavy atom. The summed E-state index contributed by atoms with van der Waals surface area (Å²) in [6.07, 6.45) is 4.64. The van der Waals surface area contributed by atoms with Crippen LogP contribution in [-0.4, -0.2) is 24.8 Å². The number of hydrogen-bond donors (Lipinski definition) is 0. The van der Waals surface area contributed by atoms with Gasteiger partial charge in [0.25, 0.3) is 0 Å². The van der Waals surface area contributed by atoms with Crippen molar-refractivity contribution in [3.8, 4) is 28.6 Å². The van der Waals surface area contributed by atoms with Crippen LogP contribution in [-0.2, 0) is 29.3 Å². The smallest absolute Gasteiger partial charge is 0.214 e. The molecule has 0 atom stereocenters. The van der Waals surface area contributed by atoms with Gasteiger partial charge in [-0.15, -0.1) is 0 Å². The molecule has 7 nitrogen and oxygen atoms in total.